The summed E-state index contributed by atoms with van der Waals surface area (Å²) < 4.78 is 19.1. The van der Waals surface area contributed by atoms with Gasteiger partial charge >= 0.3 is 0 Å². The van der Waals surface area contributed by atoms with E-state index in [0.717, 1.165) is 38.8 Å². The number of hydrogen-bond donors (Lipinski definition) is 0. The van der Waals surface area contributed by atoms with Gasteiger partial charge in [-0.05, 0) is 95.2 Å². The summed E-state index contributed by atoms with van der Waals surface area (Å²) in [6.07, 6.45) is 4.35. The van der Waals surface area contributed by atoms with Crippen LogP contribution in [0.4, 0.5) is 0 Å². The molecule has 5 nitrogen and oxygen atoms in total. The van der Waals surface area contributed by atoms with Gasteiger partial charge in [0, 0.05) is 54.0 Å². The molecule has 0 saturated carbocycles. The van der Waals surface area contributed by atoms with E-state index in [1.54, 1.807) is 0 Å². The lowest BCUT2D eigenvalue weighted by Gasteiger charge is -2.57. The Balaban J connectivity index is 1.84. The van der Waals surface area contributed by atoms with Crippen LogP contribution in [0, 0.1) is 0 Å². The molecule has 6 heteroatoms. The van der Waals surface area contributed by atoms with Gasteiger partial charge in [0.05, 0.1) is 0 Å². The molecule has 3 fully saturated rings. The Hall–Kier alpha value is 0.0700. The monoisotopic (exact) mass is 426 g/mol. The lowest BCUT2D eigenvalue weighted by molar-refractivity contribution is -0.0317. The maximum atomic E-state index is 14.3. The van der Waals surface area contributed by atoms with E-state index in [1.807, 2.05) is 0 Å². The molecule has 0 spiro atoms. The second kappa shape index (κ2) is 7.04. The highest BCUT2D eigenvalue weighted by atomic mass is 31.2. The fourth-order valence-corrected chi connectivity index (χ4v) is 9.51. The summed E-state index contributed by atoms with van der Waals surface area (Å²) in [4.78, 5) is 5.04. The van der Waals surface area contributed by atoms with Crippen LogP contribution in [0.2, 0.25) is 0 Å². The Morgan fingerprint density at radius 2 is 0.862 bits per heavy atom. The molecule has 0 aromatic carbocycles. The maximum absolute atomic E-state index is 14.3. The van der Waals surface area contributed by atoms with Crippen LogP contribution in [0.15, 0.2) is 0 Å². The van der Waals surface area contributed by atoms with Crippen molar-refractivity contribution in [2.24, 2.45) is 0 Å². The summed E-state index contributed by atoms with van der Waals surface area (Å²) in [5, 5.41) is 0. The van der Waals surface area contributed by atoms with Gasteiger partial charge in [0.2, 0.25) is 7.44 Å². The quantitative estimate of drug-likeness (QED) is 0.596. The summed E-state index contributed by atoms with van der Waals surface area (Å²) in [6.45, 7) is 22.7. The van der Waals surface area contributed by atoms with Gasteiger partial charge in [0.25, 0.3) is 0 Å². The SMILES string of the molecule is CN1C(C)(C)CC(N2CCN(C3CC(C)(C)N(C)C(C)(C)C3)P2(C)=O)CC1(C)C. The van der Waals surface area contributed by atoms with Crippen molar-refractivity contribution in [3.05, 3.63) is 0 Å². The van der Waals surface area contributed by atoms with Crippen LogP contribution in [-0.4, -0.2) is 87.2 Å². The van der Waals surface area contributed by atoms with Crippen LogP contribution >= 0.6 is 7.44 Å². The largest absolute Gasteiger partial charge is 0.296 e. The molecule has 0 amide bonds. The van der Waals surface area contributed by atoms with Crippen molar-refractivity contribution >= 4 is 7.44 Å². The molecule has 3 aliphatic heterocycles. The molecule has 3 heterocycles. The van der Waals surface area contributed by atoms with E-state index >= 15 is 0 Å². The van der Waals surface area contributed by atoms with Gasteiger partial charge in [-0.25, -0.2) is 9.34 Å². The highest BCUT2D eigenvalue weighted by Crippen LogP contribution is 2.60. The molecule has 0 aliphatic carbocycles. The van der Waals surface area contributed by atoms with E-state index in [0.29, 0.717) is 12.1 Å². The minimum Gasteiger partial charge on any atom is -0.296 e. The van der Waals surface area contributed by atoms with Gasteiger partial charge in [-0.15, -0.1) is 0 Å². The fourth-order valence-electron chi connectivity index (χ4n) is 6.75. The Morgan fingerprint density at radius 3 is 1.10 bits per heavy atom. The van der Waals surface area contributed by atoms with Crippen molar-refractivity contribution in [3.63, 3.8) is 0 Å². The molecule has 170 valence electrons. The molecule has 0 N–H and O–H groups in total. The topological polar surface area (TPSA) is 30.0 Å². The van der Waals surface area contributed by atoms with Crippen molar-refractivity contribution in [1.82, 2.24) is 19.1 Å². The molecule has 3 rings (SSSR count). The van der Waals surface area contributed by atoms with Crippen LogP contribution in [0.25, 0.3) is 0 Å². The molecule has 0 aromatic rings. The van der Waals surface area contributed by atoms with Crippen LogP contribution in [0.5, 0.6) is 0 Å². The predicted octanol–water partition coefficient (Wildman–Crippen LogP) is 4.73. The van der Waals surface area contributed by atoms with Gasteiger partial charge < -0.3 is 0 Å². The fraction of sp³-hybridized carbons (Fsp3) is 1.00. The summed E-state index contributed by atoms with van der Waals surface area (Å²) >= 11 is 0. The first kappa shape index (κ1) is 23.7. The lowest BCUT2D eigenvalue weighted by atomic mass is 9.77. The summed E-state index contributed by atoms with van der Waals surface area (Å²) in [7, 11) is 1.97. The van der Waals surface area contributed by atoms with Crippen LogP contribution in [0.3, 0.4) is 0 Å². The van der Waals surface area contributed by atoms with Crippen LogP contribution in [0.1, 0.15) is 81.1 Å². The van der Waals surface area contributed by atoms with Gasteiger partial charge in [0.15, 0.2) is 0 Å². The van der Waals surface area contributed by atoms with Crippen molar-refractivity contribution < 1.29 is 4.57 Å². The van der Waals surface area contributed by atoms with E-state index in [1.165, 1.54) is 0 Å². The first-order chi connectivity index (χ1) is 12.9. The molecular weight excluding hydrogens is 379 g/mol. The third kappa shape index (κ3) is 4.00. The van der Waals surface area contributed by atoms with Crippen LogP contribution in [-0.2, 0) is 4.57 Å². The van der Waals surface area contributed by atoms with Crippen molar-refractivity contribution in [2.75, 3.05) is 33.8 Å². The average molecular weight is 427 g/mol. The molecule has 3 saturated heterocycles. The second-order valence-corrected chi connectivity index (χ2v) is 15.4. The Bertz CT molecular complexity index is 596. The molecule has 0 unspecified atom stereocenters. The summed E-state index contributed by atoms with van der Waals surface area (Å²) in [6, 6.07) is 0.786. The first-order valence-electron chi connectivity index (χ1n) is 11.5. The van der Waals surface area contributed by atoms with Gasteiger partial charge in [-0.2, -0.15) is 0 Å². The third-order valence-electron chi connectivity index (χ3n) is 8.93. The molecule has 0 aromatic heterocycles. The summed E-state index contributed by atoms with van der Waals surface area (Å²) in [5.74, 6) is 0. The van der Waals surface area contributed by atoms with Crippen molar-refractivity contribution in [3.8, 4) is 0 Å². The number of nitrogens with zero attached hydrogens (tertiary/aromatic N) is 4. The zero-order valence-corrected chi connectivity index (χ0v) is 21.9. The van der Waals surface area contributed by atoms with Gasteiger partial charge in [-0.1, -0.05) is 0 Å². The van der Waals surface area contributed by atoms with Crippen LogP contribution < -0.4 is 0 Å². The van der Waals surface area contributed by atoms with Crippen molar-refractivity contribution in [1.29, 1.82) is 0 Å². The molecule has 3 aliphatic rings. The second-order valence-electron chi connectivity index (χ2n) is 12.7. The smallest absolute Gasteiger partial charge is 0.214 e. The Labute approximate surface area is 180 Å². The minimum atomic E-state index is -2.54. The van der Waals surface area contributed by atoms with E-state index in [4.69, 9.17) is 0 Å². The summed E-state index contributed by atoms with van der Waals surface area (Å²) in [5.41, 5.74) is 0.490. The van der Waals surface area contributed by atoms with Crippen molar-refractivity contribution in [2.45, 2.75) is 115 Å². The number of likely N-dealkylation sites (tertiary alicyclic amines) is 2. The molecule has 0 atom stereocenters. The number of rotatable bonds is 2. The van der Waals surface area contributed by atoms with Gasteiger partial charge in [-0.3, -0.25) is 14.4 Å². The Kier molecular flexibility index (Phi) is 5.76. The zero-order chi connectivity index (χ0) is 22.2. The number of piperidine rings is 2. The van der Waals surface area contributed by atoms with Gasteiger partial charge in [0.1, 0.15) is 0 Å². The van der Waals surface area contributed by atoms with E-state index in [9.17, 15) is 4.57 Å². The van der Waals surface area contributed by atoms with E-state index in [-0.39, 0.29) is 22.2 Å². The molecular formula is C23H47N4OP. The lowest BCUT2D eigenvalue weighted by Crippen LogP contribution is -2.62. The predicted molar refractivity (Wildman–Crippen MR) is 125 cm³/mol. The standard InChI is InChI=1S/C23H47N4OP/c1-20(2)14-18(15-21(3,4)24(20)9)26-12-13-27(29(26,11)28)19-16-22(5,6)25(10)23(7,8)17-19/h18-19H,12-17H2,1-11H3. The maximum Gasteiger partial charge on any atom is 0.214 e. The molecule has 0 radical (unpaired) electrons. The first-order valence-corrected chi connectivity index (χ1v) is 13.6. The normalized spacial score (nSPS) is 33.9. The third-order valence-corrected chi connectivity index (χ3v) is 11.9. The zero-order valence-electron chi connectivity index (χ0n) is 21.0. The number of hydrogen-bond acceptors (Lipinski definition) is 3. The molecule has 0 bridgehead atoms. The highest BCUT2D eigenvalue weighted by Gasteiger charge is 2.54. The minimum absolute atomic E-state index is 0.122. The molecule has 29 heavy (non-hydrogen) atoms. The van der Waals surface area contributed by atoms with E-state index < -0.39 is 7.44 Å². The van der Waals surface area contributed by atoms with E-state index in [2.05, 4.69) is 95.3 Å². The average Bonchev–Trinajstić information content (AvgIpc) is 2.84. The highest BCUT2D eigenvalue weighted by molar-refractivity contribution is 7.58. The Morgan fingerprint density at radius 1 is 0.621 bits per heavy atom.